The van der Waals surface area contributed by atoms with E-state index in [9.17, 15) is 0 Å². The summed E-state index contributed by atoms with van der Waals surface area (Å²) in [4.78, 5) is 4.96. The zero-order chi connectivity index (χ0) is 14.0. The van der Waals surface area contributed by atoms with Gasteiger partial charge < -0.3 is 10.6 Å². The molecule has 0 radical (unpaired) electrons. The zero-order valence-electron chi connectivity index (χ0n) is 12.7. The number of benzene rings is 1. The first-order valence-electron chi connectivity index (χ1n) is 7.24. The van der Waals surface area contributed by atoms with E-state index in [1.807, 2.05) is 0 Å². The first kappa shape index (κ1) is 14.5. The van der Waals surface area contributed by atoms with Crippen LogP contribution in [0.15, 0.2) is 18.2 Å². The van der Waals surface area contributed by atoms with Crippen molar-refractivity contribution in [2.45, 2.75) is 32.9 Å². The molecule has 106 valence electrons. The van der Waals surface area contributed by atoms with Crippen molar-refractivity contribution in [1.82, 2.24) is 9.80 Å². The number of aryl methyl sites for hydroxylation is 2. The number of rotatable bonds is 3. The van der Waals surface area contributed by atoms with Gasteiger partial charge >= 0.3 is 0 Å². The van der Waals surface area contributed by atoms with Crippen LogP contribution in [0.3, 0.4) is 0 Å². The second kappa shape index (κ2) is 6.04. The minimum Gasteiger partial charge on any atom is -0.329 e. The summed E-state index contributed by atoms with van der Waals surface area (Å²) >= 11 is 0. The fourth-order valence-corrected chi connectivity index (χ4v) is 3.05. The maximum Gasteiger partial charge on any atom is 0.0474 e. The molecule has 2 N–H and O–H groups in total. The Morgan fingerprint density at radius 1 is 1.26 bits per heavy atom. The molecule has 0 aromatic heterocycles. The Morgan fingerprint density at radius 2 is 2.00 bits per heavy atom. The first-order chi connectivity index (χ1) is 9.02. The summed E-state index contributed by atoms with van der Waals surface area (Å²) in [5, 5.41) is 0. The molecule has 3 nitrogen and oxygen atoms in total. The van der Waals surface area contributed by atoms with Crippen LogP contribution in [0, 0.1) is 13.8 Å². The third kappa shape index (κ3) is 3.16. The van der Waals surface area contributed by atoms with Crippen LogP contribution in [0.4, 0.5) is 0 Å². The number of nitrogens with two attached hydrogens (primary N) is 1. The van der Waals surface area contributed by atoms with Crippen LogP contribution < -0.4 is 5.73 Å². The molecule has 2 rings (SSSR count). The average Bonchev–Trinajstić information content (AvgIpc) is 2.37. The molecule has 0 saturated carbocycles. The lowest BCUT2D eigenvalue weighted by molar-refractivity contribution is 0.0635. The molecule has 2 unspecified atom stereocenters. The molecule has 0 aliphatic carbocycles. The van der Waals surface area contributed by atoms with E-state index in [0.29, 0.717) is 18.6 Å². The predicted molar refractivity (Wildman–Crippen MR) is 81.4 cm³/mol. The van der Waals surface area contributed by atoms with E-state index in [-0.39, 0.29) is 0 Å². The quantitative estimate of drug-likeness (QED) is 0.902. The van der Waals surface area contributed by atoms with Crippen molar-refractivity contribution < 1.29 is 0 Å². The zero-order valence-corrected chi connectivity index (χ0v) is 12.7. The fraction of sp³-hybridized carbons (Fsp3) is 0.625. The highest BCUT2D eigenvalue weighted by Gasteiger charge is 2.28. The van der Waals surface area contributed by atoms with Crippen LogP contribution in [-0.4, -0.2) is 49.1 Å². The van der Waals surface area contributed by atoms with Gasteiger partial charge in [-0.15, -0.1) is 0 Å². The van der Waals surface area contributed by atoms with Gasteiger partial charge in [-0.3, -0.25) is 4.90 Å². The third-order valence-corrected chi connectivity index (χ3v) is 4.42. The van der Waals surface area contributed by atoms with Gasteiger partial charge in [0.2, 0.25) is 0 Å². The highest BCUT2D eigenvalue weighted by atomic mass is 15.3. The normalized spacial score (nSPS) is 23.5. The van der Waals surface area contributed by atoms with Crippen LogP contribution in [0.25, 0.3) is 0 Å². The minimum atomic E-state index is 0.350. The molecule has 1 aromatic rings. The summed E-state index contributed by atoms with van der Waals surface area (Å²) < 4.78 is 0. The molecule has 1 heterocycles. The lowest BCUT2D eigenvalue weighted by Gasteiger charge is -2.42. The maximum absolute atomic E-state index is 6.07. The summed E-state index contributed by atoms with van der Waals surface area (Å²) in [7, 11) is 2.20. The molecule has 0 spiro atoms. The summed E-state index contributed by atoms with van der Waals surface area (Å²) in [5.74, 6) is 0. The Balaban J connectivity index is 2.21. The number of nitrogens with zero attached hydrogens (tertiary/aromatic N) is 2. The SMILES string of the molecule is Cc1ccc(C(CN)N2CCN(C)CC2C)cc1C. The Labute approximate surface area is 117 Å². The monoisotopic (exact) mass is 261 g/mol. The average molecular weight is 261 g/mol. The number of likely N-dealkylation sites (N-methyl/N-ethyl adjacent to an activating group) is 1. The minimum absolute atomic E-state index is 0.350. The van der Waals surface area contributed by atoms with Crippen molar-refractivity contribution in [1.29, 1.82) is 0 Å². The van der Waals surface area contributed by atoms with Crippen molar-refractivity contribution in [3.63, 3.8) is 0 Å². The van der Waals surface area contributed by atoms with Crippen molar-refractivity contribution >= 4 is 0 Å². The summed E-state index contributed by atoms with van der Waals surface area (Å²) in [6.07, 6.45) is 0. The maximum atomic E-state index is 6.07. The van der Waals surface area contributed by atoms with Gasteiger partial charge in [0.05, 0.1) is 0 Å². The molecule has 2 atom stereocenters. The number of piperazine rings is 1. The first-order valence-corrected chi connectivity index (χ1v) is 7.24. The molecule has 1 fully saturated rings. The van der Waals surface area contributed by atoms with Gasteiger partial charge in [0.25, 0.3) is 0 Å². The Hall–Kier alpha value is -0.900. The third-order valence-electron chi connectivity index (χ3n) is 4.42. The van der Waals surface area contributed by atoms with Crippen LogP contribution in [0.1, 0.15) is 29.7 Å². The van der Waals surface area contributed by atoms with E-state index in [1.165, 1.54) is 16.7 Å². The largest absolute Gasteiger partial charge is 0.329 e. The van der Waals surface area contributed by atoms with Crippen molar-refractivity contribution in [3.8, 4) is 0 Å². The molecule has 0 bridgehead atoms. The van der Waals surface area contributed by atoms with Crippen molar-refractivity contribution in [2.75, 3.05) is 33.2 Å². The predicted octanol–water partition coefficient (Wildman–Crippen LogP) is 1.94. The summed E-state index contributed by atoms with van der Waals surface area (Å²) in [5.41, 5.74) is 10.1. The van der Waals surface area contributed by atoms with Crippen molar-refractivity contribution in [2.24, 2.45) is 5.73 Å². The Bertz CT molecular complexity index is 430. The molecular formula is C16H27N3. The van der Waals surface area contributed by atoms with Gasteiger partial charge in [-0.25, -0.2) is 0 Å². The van der Waals surface area contributed by atoms with Gasteiger partial charge in [0, 0.05) is 38.3 Å². The molecule has 1 aliphatic rings. The van der Waals surface area contributed by atoms with Crippen LogP contribution in [0.2, 0.25) is 0 Å². The Morgan fingerprint density at radius 3 is 2.58 bits per heavy atom. The van der Waals surface area contributed by atoms with E-state index < -0.39 is 0 Å². The summed E-state index contributed by atoms with van der Waals surface area (Å²) in [6.45, 7) is 10.7. The second-order valence-corrected chi connectivity index (χ2v) is 5.94. The molecule has 1 aliphatic heterocycles. The van der Waals surface area contributed by atoms with Gasteiger partial charge in [-0.1, -0.05) is 18.2 Å². The number of hydrogen-bond acceptors (Lipinski definition) is 3. The van der Waals surface area contributed by atoms with Gasteiger partial charge in [0.1, 0.15) is 0 Å². The highest BCUT2D eigenvalue weighted by Crippen LogP contribution is 2.25. The smallest absolute Gasteiger partial charge is 0.0474 e. The molecule has 1 aromatic carbocycles. The molecule has 19 heavy (non-hydrogen) atoms. The Kier molecular flexibility index (Phi) is 4.61. The lowest BCUT2D eigenvalue weighted by atomic mass is 9.98. The molecule has 0 amide bonds. The van der Waals surface area contributed by atoms with Gasteiger partial charge in [-0.05, 0) is 44.5 Å². The van der Waals surface area contributed by atoms with E-state index in [0.717, 1.165) is 19.6 Å². The second-order valence-electron chi connectivity index (χ2n) is 5.94. The molecule has 1 saturated heterocycles. The van der Waals surface area contributed by atoms with Gasteiger partial charge in [-0.2, -0.15) is 0 Å². The van der Waals surface area contributed by atoms with E-state index >= 15 is 0 Å². The molecule has 3 heteroatoms. The van der Waals surface area contributed by atoms with Crippen LogP contribution in [-0.2, 0) is 0 Å². The van der Waals surface area contributed by atoms with E-state index in [4.69, 9.17) is 5.73 Å². The lowest BCUT2D eigenvalue weighted by Crippen LogP contribution is -2.52. The molecular weight excluding hydrogens is 234 g/mol. The van der Waals surface area contributed by atoms with E-state index in [1.54, 1.807) is 0 Å². The van der Waals surface area contributed by atoms with Gasteiger partial charge in [0.15, 0.2) is 0 Å². The van der Waals surface area contributed by atoms with E-state index in [2.05, 4.69) is 55.8 Å². The summed E-state index contributed by atoms with van der Waals surface area (Å²) in [6, 6.07) is 7.67. The number of hydrogen-bond donors (Lipinski definition) is 1. The van der Waals surface area contributed by atoms with Crippen LogP contribution >= 0.6 is 0 Å². The topological polar surface area (TPSA) is 32.5 Å². The standard InChI is InChI=1S/C16H27N3/c1-12-5-6-15(9-13(12)2)16(10-17)19-8-7-18(4)11-14(19)3/h5-6,9,14,16H,7-8,10-11,17H2,1-4H3. The van der Waals surface area contributed by atoms with Crippen LogP contribution in [0.5, 0.6) is 0 Å². The van der Waals surface area contributed by atoms with Crippen molar-refractivity contribution in [3.05, 3.63) is 34.9 Å². The highest BCUT2D eigenvalue weighted by molar-refractivity contribution is 5.32. The fourth-order valence-electron chi connectivity index (χ4n) is 3.05.